The molecule has 0 radical (unpaired) electrons. The second kappa shape index (κ2) is 9.30. The van der Waals surface area contributed by atoms with Gasteiger partial charge in [0.25, 0.3) is 0 Å². The summed E-state index contributed by atoms with van der Waals surface area (Å²) in [5.74, 6) is -0.0334. The Balaban J connectivity index is 1.71. The molecule has 2 aromatic rings. The molecule has 0 spiro atoms. The largest absolute Gasteiger partial charge is 0.492 e. The van der Waals surface area contributed by atoms with Crippen LogP contribution in [-0.2, 0) is 14.8 Å². The lowest BCUT2D eigenvalue weighted by molar-refractivity contribution is -0.130. The van der Waals surface area contributed by atoms with E-state index in [9.17, 15) is 17.6 Å². The van der Waals surface area contributed by atoms with Gasteiger partial charge in [0, 0.05) is 20.0 Å². The van der Waals surface area contributed by atoms with Crippen LogP contribution in [0.4, 0.5) is 4.39 Å². The van der Waals surface area contributed by atoms with Crippen molar-refractivity contribution in [2.45, 2.75) is 11.3 Å². The van der Waals surface area contributed by atoms with Crippen molar-refractivity contribution in [3.05, 3.63) is 60.4 Å². The average Bonchev–Trinajstić information content (AvgIpc) is 2.63. The minimum absolute atomic E-state index is 0.0131. The van der Waals surface area contributed by atoms with Gasteiger partial charge in [0.05, 0.1) is 11.4 Å². The summed E-state index contributed by atoms with van der Waals surface area (Å²) in [5, 5.41) is 0. The molecular weight excluding hydrogens is 359 g/mol. The van der Waals surface area contributed by atoms with E-state index in [0.29, 0.717) is 12.3 Å². The summed E-state index contributed by atoms with van der Waals surface area (Å²) in [7, 11) is -2.00. The summed E-state index contributed by atoms with van der Waals surface area (Å²) in [4.78, 5) is 13.7. The van der Waals surface area contributed by atoms with E-state index in [4.69, 9.17) is 4.74 Å². The van der Waals surface area contributed by atoms with E-state index in [1.807, 2.05) is 0 Å². The molecule has 0 aliphatic carbocycles. The van der Waals surface area contributed by atoms with E-state index in [-0.39, 0.29) is 36.2 Å². The Kier molecular flexibility index (Phi) is 7.11. The fourth-order valence-corrected chi connectivity index (χ4v) is 3.18. The van der Waals surface area contributed by atoms with Crippen LogP contribution in [0.1, 0.15) is 6.42 Å². The number of benzene rings is 2. The predicted octanol–water partition coefficient (Wildman–Crippen LogP) is 2.03. The first-order valence-corrected chi connectivity index (χ1v) is 9.54. The SMILES string of the molecule is CN(CCOc1ccc(F)cc1)C(=O)CCNS(=O)(=O)c1ccccc1. The molecule has 0 aliphatic rings. The zero-order valence-corrected chi connectivity index (χ0v) is 15.2. The highest BCUT2D eigenvalue weighted by Crippen LogP contribution is 2.11. The topological polar surface area (TPSA) is 75.7 Å². The Morgan fingerprint density at radius 2 is 1.77 bits per heavy atom. The molecule has 140 valence electrons. The molecule has 0 atom stereocenters. The molecule has 0 unspecified atom stereocenters. The quantitative estimate of drug-likeness (QED) is 0.722. The number of carbonyl (C=O) groups excluding carboxylic acids is 1. The van der Waals surface area contributed by atoms with Gasteiger partial charge in [-0.15, -0.1) is 0 Å². The molecule has 2 aromatic carbocycles. The number of ether oxygens (including phenoxy) is 1. The molecule has 2 rings (SSSR count). The van der Waals surface area contributed by atoms with E-state index in [1.54, 1.807) is 25.2 Å². The fourth-order valence-electron chi connectivity index (χ4n) is 2.12. The molecule has 26 heavy (non-hydrogen) atoms. The van der Waals surface area contributed by atoms with Gasteiger partial charge in [0.2, 0.25) is 15.9 Å². The number of sulfonamides is 1. The third-order valence-corrected chi connectivity index (χ3v) is 5.10. The summed E-state index contributed by atoms with van der Waals surface area (Å²) in [5.41, 5.74) is 0. The zero-order chi connectivity index (χ0) is 19.0. The highest BCUT2D eigenvalue weighted by Gasteiger charge is 2.14. The van der Waals surface area contributed by atoms with Gasteiger partial charge < -0.3 is 9.64 Å². The highest BCUT2D eigenvalue weighted by atomic mass is 32.2. The molecule has 0 bridgehead atoms. The molecule has 0 heterocycles. The third kappa shape index (κ3) is 6.12. The number of halogens is 1. The van der Waals surface area contributed by atoms with Crippen LogP contribution in [0.25, 0.3) is 0 Å². The van der Waals surface area contributed by atoms with Crippen LogP contribution < -0.4 is 9.46 Å². The van der Waals surface area contributed by atoms with Crippen molar-refractivity contribution in [1.82, 2.24) is 9.62 Å². The van der Waals surface area contributed by atoms with E-state index in [1.165, 1.54) is 41.3 Å². The number of rotatable bonds is 9. The maximum absolute atomic E-state index is 12.8. The number of amides is 1. The number of nitrogens with one attached hydrogen (secondary N) is 1. The second-order valence-corrected chi connectivity index (χ2v) is 7.35. The van der Waals surface area contributed by atoms with Crippen LogP contribution in [0.5, 0.6) is 5.75 Å². The first-order valence-electron chi connectivity index (χ1n) is 8.05. The van der Waals surface area contributed by atoms with E-state index < -0.39 is 10.0 Å². The monoisotopic (exact) mass is 380 g/mol. The van der Waals surface area contributed by atoms with Gasteiger partial charge in [-0.05, 0) is 36.4 Å². The van der Waals surface area contributed by atoms with Gasteiger partial charge in [-0.3, -0.25) is 4.79 Å². The van der Waals surface area contributed by atoms with Gasteiger partial charge in [-0.2, -0.15) is 0 Å². The van der Waals surface area contributed by atoms with Crippen LogP contribution in [0.3, 0.4) is 0 Å². The summed E-state index contributed by atoms with van der Waals surface area (Å²) in [6, 6.07) is 13.6. The van der Waals surface area contributed by atoms with E-state index in [0.717, 1.165) is 0 Å². The van der Waals surface area contributed by atoms with Gasteiger partial charge in [0.1, 0.15) is 18.2 Å². The van der Waals surface area contributed by atoms with Gasteiger partial charge >= 0.3 is 0 Å². The Hall–Kier alpha value is -2.45. The van der Waals surface area contributed by atoms with Crippen molar-refractivity contribution in [1.29, 1.82) is 0 Å². The minimum Gasteiger partial charge on any atom is -0.492 e. The normalized spacial score (nSPS) is 11.2. The third-order valence-electron chi connectivity index (χ3n) is 3.62. The van der Waals surface area contributed by atoms with Crippen molar-refractivity contribution >= 4 is 15.9 Å². The van der Waals surface area contributed by atoms with Crippen LogP contribution in [0.2, 0.25) is 0 Å². The molecule has 1 amide bonds. The fraction of sp³-hybridized carbons (Fsp3) is 0.278. The van der Waals surface area contributed by atoms with Crippen LogP contribution in [0, 0.1) is 5.82 Å². The average molecular weight is 380 g/mol. The summed E-state index contributed by atoms with van der Waals surface area (Å²) in [6.07, 6.45) is 0.0408. The van der Waals surface area contributed by atoms with E-state index in [2.05, 4.69) is 4.72 Å². The van der Waals surface area contributed by atoms with Crippen LogP contribution >= 0.6 is 0 Å². The van der Waals surface area contributed by atoms with E-state index >= 15 is 0 Å². The summed E-state index contributed by atoms with van der Waals surface area (Å²) in [6.45, 7) is 0.602. The second-order valence-electron chi connectivity index (χ2n) is 5.58. The smallest absolute Gasteiger partial charge is 0.240 e. The maximum Gasteiger partial charge on any atom is 0.240 e. The molecule has 0 saturated carbocycles. The summed E-state index contributed by atoms with van der Waals surface area (Å²) < 4.78 is 44.7. The molecule has 0 saturated heterocycles. The van der Waals surface area contributed by atoms with Crippen molar-refractivity contribution in [2.75, 3.05) is 26.7 Å². The predicted molar refractivity (Wildman–Crippen MR) is 95.8 cm³/mol. The number of hydrogen-bond acceptors (Lipinski definition) is 4. The molecule has 0 aliphatic heterocycles. The lowest BCUT2D eigenvalue weighted by atomic mass is 10.3. The van der Waals surface area contributed by atoms with Crippen LogP contribution in [0.15, 0.2) is 59.5 Å². The lowest BCUT2D eigenvalue weighted by Gasteiger charge is -2.17. The lowest BCUT2D eigenvalue weighted by Crippen LogP contribution is -2.34. The molecule has 0 aromatic heterocycles. The molecule has 6 nitrogen and oxygen atoms in total. The molecule has 0 fully saturated rings. The molecule has 1 N–H and O–H groups in total. The first-order chi connectivity index (χ1) is 12.4. The van der Waals surface area contributed by atoms with Gasteiger partial charge in [0.15, 0.2) is 0 Å². The zero-order valence-electron chi connectivity index (χ0n) is 14.4. The van der Waals surface area contributed by atoms with Crippen molar-refractivity contribution in [3.63, 3.8) is 0 Å². The summed E-state index contributed by atoms with van der Waals surface area (Å²) >= 11 is 0. The number of likely N-dealkylation sites (N-methyl/N-ethyl adjacent to an activating group) is 1. The van der Waals surface area contributed by atoms with Gasteiger partial charge in [-0.1, -0.05) is 18.2 Å². The maximum atomic E-state index is 12.8. The molecular formula is C18H21FN2O4S. The molecule has 8 heteroatoms. The Morgan fingerprint density at radius 1 is 1.12 bits per heavy atom. The first kappa shape index (κ1) is 19.9. The number of carbonyl (C=O) groups is 1. The van der Waals surface area contributed by atoms with Gasteiger partial charge in [-0.25, -0.2) is 17.5 Å². The Labute approximate surface area is 152 Å². The van der Waals surface area contributed by atoms with Crippen molar-refractivity contribution in [3.8, 4) is 5.75 Å². The highest BCUT2D eigenvalue weighted by molar-refractivity contribution is 7.89. The minimum atomic E-state index is -3.61. The number of hydrogen-bond donors (Lipinski definition) is 1. The Morgan fingerprint density at radius 3 is 2.42 bits per heavy atom. The Bertz CT molecular complexity index is 811. The van der Waals surface area contributed by atoms with Crippen LogP contribution in [-0.4, -0.2) is 46.0 Å². The van der Waals surface area contributed by atoms with Crippen molar-refractivity contribution < 1.29 is 22.3 Å². The number of nitrogens with zero attached hydrogens (tertiary/aromatic N) is 1. The standard InChI is InChI=1S/C18H21FN2O4S/c1-21(13-14-25-16-9-7-15(19)8-10-16)18(22)11-12-20-26(23,24)17-5-3-2-4-6-17/h2-10,20H,11-14H2,1H3. The van der Waals surface area contributed by atoms with Crippen molar-refractivity contribution in [2.24, 2.45) is 0 Å².